The van der Waals surface area contributed by atoms with E-state index in [0.29, 0.717) is 33.8 Å². The number of anilines is 1. The summed E-state index contributed by atoms with van der Waals surface area (Å²) in [5, 5.41) is 19.3. The predicted octanol–water partition coefficient (Wildman–Crippen LogP) is 7.46. The van der Waals surface area contributed by atoms with E-state index >= 15 is 0 Å². The Kier molecular flexibility index (Phi) is 10.4. The molecule has 3 aromatic carbocycles. The fourth-order valence-corrected chi connectivity index (χ4v) is 5.03. The van der Waals surface area contributed by atoms with Gasteiger partial charge in [-0.15, -0.1) is 0 Å². The SMILES string of the molecule is Cc1ccc(C(=O)Oc2ccc(C(CNC(=O)OC(C)(C)C)C(=O)Nc3ccc(-c4cn(C(=O)O)nc4C(C)(C)C)cc3)cc2)c(C)c1. The van der Waals surface area contributed by atoms with E-state index in [4.69, 9.17) is 9.47 Å². The van der Waals surface area contributed by atoms with Gasteiger partial charge in [0, 0.05) is 29.4 Å². The van der Waals surface area contributed by atoms with Crippen LogP contribution in [0.3, 0.4) is 0 Å². The summed E-state index contributed by atoms with van der Waals surface area (Å²) in [7, 11) is 0. The van der Waals surface area contributed by atoms with Crippen molar-refractivity contribution in [3.63, 3.8) is 0 Å². The second-order valence-corrected chi connectivity index (χ2v) is 13.6. The quantitative estimate of drug-likeness (QED) is 0.131. The molecule has 2 amide bonds. The molecular weight excluding hydrogens is 612 g/mol. The fourth-order valence-electron chi connectivity index (χ4n) is 5.03. The number of ether oxygens (including phenoxy) is 2. The molecule has 252 valence electrons. The average molecular weight is 655 g/mol. The van der Waals surface area contributed by atoms with Gasteiger partial charge in [-0.1, -0.05) is 62.7 Å². The van der Waals surface area contributed by atoms with E-state index in [1.807, 2.05) is 46.8 Å². The molecule has 11 nitrogen and oxygen atoms in total. The molecule has 1 aromatic heterocycles. The number of aryl methyl sites for hydroxylation is 2. The lowest BCUT2D eigenvalue weighted by Crippen LogP contribution is -2.37. The maximum absolute atomic E-state index is 13.7. The Morgan fingerprint density at radius 1 is 0.896 bits per heavy atom. The summed E-state index contributed by atoms with van der Waals surface area (Å²) in [6.45, 7) is 14.8. The maximum Gasteiger partial charge on any atom is 0.432 e. The van der Waals surface area contributed by atoms with Crippen LogP contribution in [0.1, 0.15) is 80.2 Å². The Bertz CT molecular complexity index is 1810. The molecule has 11 heteroatoms. The highest BCUT2D eigenvalue weighted by Crippen LogP contribution is 2.33. The van der Waals surface area contributed by atoms with Gasteiger partial charge in [-0.3, -0.25) is 4.79 Å². The number of carbonyl (C=O) groups excluding carboxylic acids is 3. The number of carbonyl (C=O) groups is 4. The van der Waals surface area contributed by atoms with Crippen molar-refractivity contribution >= 4 is 29.8 Å². The molecule has 0 radical (unpaired) electrons. The zero-order valence-corrected chi connectivity index (χ0v) is 28.5. The van der Waals surface area contributed by atoms with Gasteiger partial charge in [0.1, 0.15) is 11.4 Å². The first kappa shape index (κ1) is 35.4. The summed E-state index contributed by atoms with van der Waals surface area (Å²) < 4.78 is 11.8. The van der Waals surface area contributed by atoms with Crippen LogP contribution in [0.2, 0.25) is 0 Å². The van der Waals surface area contributed by atoms with Gasteiger partial charge in [-0.25, -0.2) is 14.4 Å². The summed E-state index contributed by atoms with van der Waals surface area (Å²) in [5.41, 5.74) is 4.26. The van der Waals surface area contributed by atoms with Gasteiger partial charge < -0.3 is 25.2 Å². The molecule has 3 N–H and O–H groups in total. The van der Waals surface area contributed by atoms with Crippen molar-refractivity contribution in [2.45, 2.75) is 72.3 Å². The minimum absolute atomic E-state index is 0.0656. The van der Waals surface area contributed by atoms with Crippen LogP contribution < -0.4 is 15.4 Å². The number of nitrogens with one attached hydrogen (secondary N) is 2. The summed E-state index contributed by atoms with van der Waals surface area (Å²) in [6.07, 6.45) is -0.382. The number of hydrogen-bond acceptors (Lipinski definition) is 7. The maximum atomic E-state index is 13.7. The third-order valence-corrected chi connectivity index (χ3v) is 7.34. The van der Waals surface area contributed by atoms with Crippen molar-refractivity contribution in [3.05, 3.63) is 101 Å². The van der Waals surface area contributed by atoms with E-state index in [2.05, 4.69) is 15.7 Å². The van der Waals surface area contributed by atoms with Crippen LogP contribution in [0, 0.1) is 13.8 Å². The lowest BCUT2D eigenvalue weighted by Gasteiger charge is -2.22. The van der Waals surface area contributed by atoms with E-state index in [0.717, 1.165) is 21.4 Å². The lowest BCUT2D eigenvalue weighted by molar-refractivity contribution is -0.117. The average Bonchev–Trinajstić information content (AvgIpc) is 3.45. The number of carboxylic acid groups (broad SMARTS) is 1. The molecule has 1 heterocycles. The fraction of sp³-hybridized carbons (Fsp3) is 0.324. The number of amides is 2. The lowest BCUT2D eigenvalue weighted by atomic mass is 9.87. The molecule has 4 rings (SSSR count). The van der Waals surface area contributed by atoms with Gasteiger partial charge in [0.25, 0.3) is 0 Å². The van der Waals surface area contributed by atoms with E-state index in [-0.39, 0.29) is 6.54 Å². The molecule has 4 aromatic rings. The van der Waals surface area contributed by atoms with E-state index in [1.165, 1.54) is 6.20 Å². The highest BCUT2D eigenvalue weighted by Gasteiger charge is 2.26. The largest absolute Gasteiger partial charge is 0.463 e. The van der Waals surface area contributed by atoms with Gasteiger partial charge in [0.05, 0.1) is 17.2 Å². The zero-order chi connectivity index (χ0) is 35.4. The molecule has 0 aliphatic heterocycles. The molecule has 0 spiro atoms. The van der Waals surface area contributed by atoms with E-state index in [9.17, 15) is 24.3 Å². The Labute approximate surface area is 280 Å². The third kappa shape index (κ3) is 9.09. The molecule has 0 aliphatic rings. The highest BCUT2D eigenvalue weighted by molar-refractivity contribution is 5.97. The zero-order valence-electron chi connectivity index (χ0n) is 28.5. The number of aromatic nitrogens is 2. The molecule has 0 bridgehead atoms. The number of benzene rings is 3. The van der Waals surface area contributed by atoms with Gasteiger partial charge in [-0.05, 0) is 81.6 Å². The standard InChI is InChI=1S/C37H42N4O7/c1-22-9-18-28(23(2)19-22)33(43)47-27-16-12-24(13-17-27)29(20-38-34(44)48-37(6,7)8)32(42)39-26-14-10-25(11-15-26)30-21-41(35(45)46)40-31(30)36(3,4)5/h9-19,21,29H,20H2,1-8H3,(H,38,44)(H,39,42)(H,45,46). The molecule has 0 fully saturated rings. The van der Waals surface area contributed by atoms with Crippen LogP contribution in [0.4, 0.5) is 15.3 Å². The normalized spacial score (nSPS) is 12.2. The van der Waals surface area contributed by atoms with Gasteiger partial charge in [-0.2, -0.15) is 9.78 Å². The Morgan fingerprint density at radius 2 is 1.54 bits per heavy atom. The summed E-state index contributed by atoms with van der Waals surface area (Å²) >= 11 is 0. The Balaban J connectivity index is 1.54. The first-order chi connectivity index (χ1) is 22.4. The monoisotopic (exact) mass is 654 g/mol. The molecule has 1 unspecified atom stereocenters. The smallest absolute Gasteiger partial charge is 0.432 e. The minimum atomic E-state index is -1.19. The molecule has 0 saturated carbocycles. The number of alkyl carbamates (subject to hydrolysis) is 1. The van der Waals surface area contributed by atoms with Gasteiger partial charge in [0.15, 0.2) is 0 Å². The molecular formula is C37H42N4O7. The van der Waals surface area contributed by atoms with Crippen molar-refractivity contribution in [3.8, 4) is 16.9 Å². The van der Waals surface area contributed by atoms with E-state index < -0.39 is 41.0 Å². The highest BCUT2D eigenvalue weighted by atomic mass is 16.6. The Morgan fingerprint density at radius 3 is 2.10 bits per heavy atom. The number of rotatable bonds is 8. The van der Waals surface area contributed by atoms with Gasteiger partial charge >= 0.3 is 18.2 Å². The van der Waals surface area contributed by atoms with Crippen molar-refractivity contribution in [1.29, 1.82) is 0 Å². The van der Waals surface area contributed by atoms with Crippen LogP contribution in [0.25, 0.3) is 11.1 Å². The first-order valence-electron chi connectivity index (χ1n) is 15.5. The predicted molar refractivity (Wildman–Crippen MR) is 183 cm³/mol. The minimum Gasteiger partial charge on any atom is -0.463 e. The molecule has 0 saturated heterocycles. The number of hydrogen-bond donors (Lipinski definition) is 3. The van der Waals surface area contributed by atoms with Crippen molar-refractivity contribution in [2.75, 3.05) is 11.9 Å². The van der Waals surface area contributed by atoms with Crippen LogP contribution in [-0.4, -0.2) is 51.1 Å². The van der Waals surface area contributed by atoms with Crippen molar-refractivity contribution < 1.29 is 33.8 Å². The summed E-state index contributed by atoms with van der Waals surface area (Å²) in [4.78, 5) is 50.5. The third-order valence-electron chi connectivity index (χ3n) is 7.34. The van der Waals surface area contributed by atoms with Crippen LogP contribution in [0.5, 0.6) is 5.75 Å². The van der Waals surface area contributed by atoms with Crippen molar-refractivity contribution in [1.82, 2.24) is 15.1 Å². The number of nitrogens with zero attached hydrogens (tertiary/aromatic N) is 2. The molecule has 48 heavy (non-hydrogen) atoms. The molecule has 1 atom stereocenters. The number of esters is 1. The van der Waals surface area contributed by atoms with Crippen LogP contribution in [0.15, 0.2) is 72.9 Å². The molecule has 0 aliphatic carbocycles. The van der Waals surface area contributed by atoms with Crippen LogP contribution in [-0.2, 0) is 14.9 Å². The second kappa shape index (κ2) is 14.1. The second-order valence-electron chi connectivity index (χ2n) is 13.6. The Hall–Kier alpha value is -5.45. The summed E-state index contributed by atoms with van der Waals surface area (Å²) in [5.74, 6) is -1.41. The summed E-state index contributed by atoms with van der Waals surface area (Å²) in [6, 6.07) is 19.0. The van der Waals surface area contributed by atoms with E-state index in [1.54, 1.807) is 75.4 Å². The van der Waals surface area contributed by atoms with Gasteiger partial charge in [0.2, 0.25) is 5.91 Å². The first-order valence-corrected chi connectivity index (χ1v) is 15.5. The van der Waals surface area contributed by atoms with Crippen LogP contribution >= 0.6 is 0 Å². The topological polar surface area (TPSA) is 149 Å². The van der Waals surface area contributed by atoms with Crippen molar-refractivity contribution in [2.24, 2.45) is 0 Å².